The first-order chi connectivity index (χ1) is 13.6. The Balaban J connectivity index is 1.68. The van der Waals surface area contributed by atoms with Crippen molar-refractivity contribution in [3.05, 3.63) is 64.7 Å². The Kier molecular flexibility index (Phi) is 5.57. The van der Waals surface area contributed by atoms with Gasteiger partial charge in [-0.2, -0.15) is 0 Å². The number of ether oxygens (including phenoxy) is 1. The maximum absolute atomic E-state index is 13.6. The summed E-state index contributed by atoms with van der Waals surface area (Å²) in [4.78, 5) is 26.0. The fourth-order valence-corrected chi connectivity index (χ4v) is 3.28. The van der Waals surface area contributed by atoms with Gasteiger partial charge in [0, 0.05) is 0 Å². The number of urea groups is 1. The number of nitrogens with one attached hydrogen (secondary N) is 1. The lowest BCUT2D eigenvalue weighted by Gasteiger charge is -2.23. The van der Waals surface area contributed by atoms with Gasteiger partial charge < -0.3 is 15.2 Å². The van der Waals surface area contributed by atoms with Crippen molar-refractivity contribution in [1.29, 1.82) is 0 Å². The summed E-state index contributed by atoms with van der Waals surface area (Å²) in [7, 11) is 0. The average Bonchev–Trinajstić information content (AvgIpc) is 2.87. The summed E-state index contributed by atoms with van der Waals surface area (Å²) in [5, 5.41) is 12.7. The third-order valence-electron chi connectivity index (χ3n) is 4.93. The second kappa shape index (κ2) is 7.79. The number of hydrogen-bond donors (Lipinski definition) is 2. The van der Waals surface area contributed by atoms with E-state index in [0.717, 1.165) is 28.2 Å². The highest BCUT2D eigenvalue weighted by Gasteiger charge is 2.49. The minimum Gasteiger partial charge on any atom is -0.491 e. The zero-order valence-corrected chi connectivity index (χ0v) is 16.3. The van der Waals surface area contributed by atoms with Gasteiger partial charge in [-0.25, -0.2) is 13.6 Å². The molecule has 1 heterocycles. The topological polar surface area (TPSA) is 78.9 Å². The van der Waals surface area contributed by atoms with Crippen molar-refractivity contribution in [2.24, 2.45) is 0 Å². The van der Waals surface area contributed by atoms with E-state index in [1.807, 2.05) is 26.0 Å². The van der Waals surface area contributed by atoms with Gasteiger partial charge in [0.1, 0.15) is 24.0 Å². The molecule has 3 rings (SSSR count). The molecule has 0 saturated carbocycles. The highest BCUT2D eigenvalue weighted by molar-refractivity contribution is 6.07. The number of aryl methyl sites for hydroxylation is 2. The van der Waals surface area contributed by atoms with Crippen LogP contribution in [0, 0.1) is 25.5 Å². The van der Waals surface area contributed by atoms with Gasteiger partial charge in [0.15, 0.2) is 11.6 Å². The Morgan fingerprint density at radius 2 is 1.86 bits per heavy atom. The Bertz CT molecular complexity index is 966. The molecular formula is C21H22F2N2O4. The second-order valence-corrected chi connectivity index (χ2v) is 7.33. The maximum Gasteiger partial charge on any atom is 0.325 e. The van der Waals surface area contributed by atoms with Crippen molar-refractivity contribution in [2.45, 2.75) is 32.4 Å². The van der Waals surface area contributed by atoms with Crippen molar-refractivity contribution in [1.82, 2.24) is 10.2 Å². The highest BCUT2D eigenvalue weighted by Crippen LogP contribution is 2.30. The Morgan fingerprint density at radius 3 is 2.52 bits per heavy atom. The monoisotopic (exact) mass is 404 g/mol. The summed E-state index contributed by atoms with van der Waals surface area (Å²) >= 11 is 0. The predicted molar refractivity (Wildman–Crippen MR) is 101 cm³/mol. The van der Waals surface area contributed by atoms with Crippen LogP contribution in [0.5, 0.6) is 5.75 Å². The third kappa shape index (κ3) is 4.07. The van der Waals surface area contributed by atoms with Gasteiger partial charge in [0.05, 0.1) is 6.54 Å². The summed E-state index contributed by atoms with van der Waals surface area (Å²) < 4.78 is 32.4. The predicted octanol–water partition coefficient (Wildman–Crippen LogP) is 2.79. The number of carbonyl (C=O) groups excluding carboxylic acids is 2. The normalized spacial score (nSPS) is 20.0. The molecule has 0 aromatic heterocycles. The van der Waals surface area contributed by atoms with Crippen molar-refractivity contribution >= 4 is 11.9 Å². The molecule has 2 N–H and O–H groups in total. The quantitative estimate of drug-likeness (QED) is 0.726. The fourth-order valence-electron chi connectivity index (χ4n) is 3.28. The molecule has 2 unspecified atom stereocenters. The number of aliphatic hydroxyl groups excluding tert-OH is 1. The number of rotatable bonds is 6. The number of aliphatic hydroxyl groups is 1. The summed E-state index contributed by atoms with van der Waals surface area (Å²) in [6.45, 7) is 4.81. The van der Waals surface area contributed by atoms with Crippen LogP contribution in [0.3, 0.4) is 0 Å². The van der Waals surface area contributed by atoms with Gasteiger partial charge in [-0.05, 0) is 50.1 Å². The van der Waals surface area contributed by atoms with Crippen LogP contribution in [0.4, 0.5) is 13.6 Å². The van der Waals surface area contributed by atoms with Gasteiger partial charge in [0.25, 0.3) is 5.91 Å². The van der Waals surface area contributed by atoms with Gasteiger partial charge in [-0.15, -0.1) is 0 Å². The Labute approximate surface area is 167 Å². The molecule has 0 spiro atoms. The zero-order chi connectivity index (χ0) is 21.3. The molecule has 6 nitrogen and oxygen atoms in total. The number of imide groups is 1. The average molecular weight is 404 g/mol. The third-order valence-corrected chi connectivity index (χ3v) is 4.93. The molecule has 0 aliphatic carbocycles. The van der Waals surface area contributed by atoms with E-state index >= 15 is 0 Å². The van der Waals surface area contributed by atoms with E-state index in [0.29, 0.717) is 5.75 Å². The van der Waals surface area contributed by atoms with E-state index in [-0.39, 0.29) is 18.7 Å². The van der Waals surface area contributed by atoms with E-state index in [2.05, 4.69) is 5.32 Å². The molecule has 2 atom stereocenters. The van der Waals surface area contributed by atoms with E-state index in [9.17, 15) is 23.5 Å². The van der Waals surface area contributed by atoms with Crippen molar-refractivity contribution in [2.75, 3.05) is 13.2 Å². The van der Waals surface area contributed by atoms with Crippen molar-refractivity contribution in [3.8, 4) is 5.75 Å². The Hall–Kier alpha value is -3.00. The highest BCUT2D eigenvalue weighted by atomic mass is 19.2. The van der Waals surface area contributed by atoms with Crippen molar-refractivity contribution in [3.63, 3.8) is 0 Å². The van der Waals surface area contributed by atoms with Gasteiger partial charge in [0.2, 0.25) is 0 Å². The van der Waals surface area contributed by atoms with Crippen LogP contribution in [0.25, 0.3) is 0 Å². The fraction of sp³-hybridized carbons (Fsp3) is 0.333. The number of carbonyl (C=O) groups is 2. The molecule has 0 radical (unpaired) electrons. The molecule has 29 heavy (non-hydrogen) atoms. The standard InChI is InChI=1S/C21H22F2N2O4/c1-12-4-7-18(13(2)8-12)29-11-15(26)10-25-19(27)21(3,24-20(25)28)14-5-6-16(22)17(23)9-14/h4-9,15,26H,10-11H2,1-3H3,(H,24,28). The van der Waals surface area contributed by atoms with E-state index < -0.39 is 35.2 Å². The number of hydrogen-bond acceptors (Lipinski definition) is 4. The first kappa shape index (κ1) is 20.7. The van der Waals surface area contributed by atoms with Crippen LogP contribution in [-0.4, -0.2) is 41.2 Å². The molecular weight excluding hydrogens is 382 g/mol. The molecule has 1 aliphatic rings. The lowest BCUT2D eigenvalue weighted by Crippen LogP contribution is -2.43. The second-order valence-electron chi connectivity index (χ2n) is 7.33. The van der Waals surface area contributed by atoms with Crippen LogP contribution in [-0.2, 0) is 10.3 Å². The van der Waals surface area contributed by atoms with E-state index in [1.54, 1.807) is 6.07 Å². The first-order valence-electron chi connectivity index (χ1n) is 9.09. The lowest BCUT2D eigenvalue weighted by molar-refractivity contribution is -0.132. The molecule has 3 amide bonds. The van der Waals surface area contributed by atoms with Gasteiger partial charge in [-0.3, -0.25) is 9.69 Å². The molecule has 0 bridgehead atoms. The number of halogens is 2. The minimum absolute atomic E-state index is 0.110. The van der Waals surface area contributed by atoms with Crippen LogP contribution in [0.2, 0.25) is 0 Å². The molecule has 1 aliphatic heterocycles. The number of amides is 3. The largest absolute Gasteiger partial charge is 0.491 e. The molecule has 2 aromatic carbocycles. The van der Waals surface area contributed by atoms with E-state index in [1.165, 1.54) is 13.0 Å². The number of nitrogens with zero attached hydrogens (tertiary/aromatic N) is 1. The minimum atomic E-state index is -1.56. The number of benzene rings is 2. The van der Waals surface area contributed by atoms with Crippen LogP contribution in [0.1, 0.15) is 23.6 Å². The zero-order valence-electron chi connectivity index (χ0n) is 16.3. The maximum atomic E-state index is 13.6. The Morgan fingerprint density at radius 1 is 1.14 bits per heavy atom. The smallest absolute Gasteiger partial charge is 0.325 e. The molecule has 154 valence electrons. The van der Waals surface area contributed by atoms with Crippen molar-refractivity contribution < 1.29 is 28.2 Å². The summed E-state index contributed by atoms with van der Waals surface area (Å²) in [6.07, 6.45) is -1.13. The SMILES string of the molecule is Cc1ccc(OCC(O)CN2C(=O)NC(C)(c3ccc(F)c(F)c3)C2=O)c(C)c1. The first-order valence-corrected chi connectivity index (χ1v) is 9.09. The lowest BCUT2D eigenvalue weighted by atomic mass is 9.92. The molecule has 2 aromatic rings. The summed E-state index contributed by atoms with van der Waals surface area (Å²) in [5.41, 5.74) is 0.530. The van der Waals surface area contributed by atoms with Gasteiger partial charge in [-0.1, -0.05) is 23.8 Å². The van der Waals surface area contributed by atoms with Crippen LogP contribution in [0.15, 0.2) is 36.4 Å². The summed E-state index contributed by atoms with van der Waals surface area (Å²) in [5.74, 6) is -2.24. The van der Waals surface area contributed by atoms with Crippen LogP contribution < -0.4 is 10.1 Å². The molecule has 1 saturated heterocycles. The van der Waals surface area contributed by atoms with Gasteiger partial charge >= 0.3 is 6.03 Å². The van der Waals surface area contributed by atoms with Crippen LogP contribution >= 0.6 is 0 Å². The molecule has 1 fully saturated rings. The van der Waals surface area contributed by atoms with E-state index in [4.69, 9.17) is 4.74 Å². The molecule has 8 heteroatoms. The summed E-state index contributed by atoms with van der Waals surface area (Å²) in [6, 6.07) is 7.87. The number of β-amino-alcohol motifs (C(OH)–C–C–N with tert-alkyl or cyclic N) is 1.